The molecule has 9 heteroatoms. The summed E-state index contributed by atoms with van der Waals surface area (Å²) in [5, 5.41) is 13.7. The van der Waals surface area contributed by atoms with Gasteiger partial charge in [0.05, 0.1) is 16.8 Å². The molecule has 0 radical (unpaired) electrons. The fourth-order valence-corrected chi connectivity index (χ4v) is 3.58. The lowest BCUT2D eigenvalue weighted by molar-refractivity contribution is 0.475. The number of hydrogen-bond acceptors (Lipinski definition) is 6. The SMILES string of the molecule is CS(=O)(=O)n1ccc(-c2ccc3ncnc(Nc4ccc(O)c(Cl)c4)c3c2)c1. The van der Waals surface area contributed by atoms with Crippen molar-refractivity contribution < 1.29 is 13.5 Å². The summed E-state index contributed by atoms with van der Waals surface area (Å²) >= 11 is 5.97. The van der Waals surface area contributed by atoms with Crippen LogP contribution in [0.5, 0.6) is 5.75 Å². The number of phenolic OH excluding ortho intramolecular Hbond substituents is 1. The van der Waals surface area contributed by atoms with Crippen LogP contribution < -0.4 is 5.32 Å². The molecule has 0 aliphatic rings. The number of halogens is 1. The predicted molar refractivity (Wildman–Crippen MR) is 110 cm³/mol. The van der Waals surface area contributed by atoms with E-state index in [0.717, 1.165) is 28.3 Å². The van der Waals surface area contributed by atoms with Crippen LogP contribution >= 0.6 is 11.6 Å². The van der Waals surface area contributed by atoms with Gasteiger partial charge >= 0.3 is 0 Å². The number of hydrogen-bond donors (Lipinski definition) is 2. The minimum Gasteiger partial charge on any atom is -0.506 e. The highest BCUT2D eigenvalue weighted by molar-refractivity contribution is 7.89. The molecule has 4 aromatic rings. The summed E-state index contributed by atoms with van der Waals surface area (Å²) < 4.78 is 24.6. The van der Waals surface area contributed by atoms with Gasteiger partial charge in [-0.1, -0.05) is 17.7 Å². The molecule has 28 heavy (non-hydrogen) atoms. The molecule has 0 aliphatic heterocycles. The van der Waals surface area contributed by atoms with Crippen molar-refractivity contribution in [2.75, 3.05) is 11.6 Å². The zero-order valence-corrected chi connectivity index (χ0v) is 16.2. The van der Waals surface area contributed by atoms with Crippen molar-refractivity contribution in [3.05, 3.63) is 66.2 Å². The Morgan fingerprint density at radius 3 is 2.61 bits per heavy atom. The van der Waals surface area contributed by atoms with Crippen LogP contribution in [0.2, 0.25) is 5.02 Å². The van der Waals surface area contributed by atoms with Gasteiger partial charge in [0.25, 0.3) is 0 Å². The molecule has 2 N–H and O–H groups in total. The zero-order valence-electron chi connectivity index (χ0n) is 14.7. The third-order valence-corrected chi connectivity index (χ3v) is 5.53. The van der Waals surface area contributed by atoms with Crippen molar-refractivity contribution in [2.24, 2.45) is 0 Å². The molecular formula is C19H15ClN4O3S. The van der Waals surface area contributed by atoms with Crippen molar-refractivity contribution in [3.63, 3.8) is 0 Å². The first-order valence-electron chi connectivity index (χ1n) is 8.20. The molecule has 2 aromatic heterocycles. The van der Waals surface area contributed by atoms with Crippen molar-refractivity contribution in [3.8, 4) is 16.9 Å². The number of fused-ring (bicyclic) bond motifs is 1. The van der Waals surface area contributed by atoms with Gasteiger partial charge in [-0.05, 0) is 42.0 Å². The molecule has 0 aliphatic carbocycles. The van der Waals surface area contributed by atoms with Gasteiger partial charge < -0.3 is 10.4 Å². The Bertz CT molecular complexity index is 1300. The van der Waals surface area contributed by atoms with Crippen LogP contribution in [-0.4, -0.2) is 33.7 Å². The lowest BCUT2D eigenvalue weighted by atomic mass is 10.1. The van der Waals surface area contributed by atoms with Gasteiger partial charge in [0.15, 0.2) is 0 Å². The van der Waals surface area contributed by atoms with Gasteiger partial charge in [-0.25, -0.2) is 18.4 Å². The first-order chi connectivity index (χ1) is 13.3. The maximum atomic E-state index is 11.7. The van der Waals surface area contributed by atoms with Crippen LogP contribution in [0.15, 0.2) is 61.2 Å². The Kier molecular flexibility index (Phi) is 4.44. The summed E-state index contributed by atoms with van der Waals surface area (Å²) in [6.45, 7) is 0. The fourth-order valence-electron chi connectivity index (χ4n) is 2.81. The maximum Gasteiger partial charge on any atom is 0.235 e. The van der Waals surface area contributed by atoms with Crippen LogP contribution in [0.25, 0.3) is 22.0 Å². The molecule has 2 aromatic carbocycles. The molecular weight excluding hydrogens is 400 g/mol. The van der Waals surface area contributed by atoms with E-state index in [1.807, 2.05) is 18.2 Å². The predicted octanol–water partition coefficient (Wildman–Crippen LogP) is 4.01. The Labute approximate surface area is 166 Å². The average Bonchev–Trinajstić information content (AvgIpc) is 3.15. The van der Waals surface area contributed by atoms with E-state index in [4.69, 9.17) is 11.6 Å². The smallest absolute Gasteiger partial charge is 0.235 e. The Balaban J connectivity index is 1.77. The van der Waals surface area contributed by atoms with Crippen LogP contribution in [0.4, 0.5) is 11.5 Å². The van der Waals surface area contributed by atoms with E-state index in [2.05, 4.69) is 15.3 Å². The summed E-state index contributed by atoms with van der Waals surface area (Å²) in [6, 6.07) is 12.1. The van der Waals surface area contributed by atoms with Gasteiger partial charge in [-0.15, -0.1) is 0 Å². The van der Waals surface area contributed by atoms with Crippen LogP contribution in [0, 0.1) is 0 Å². The number of rotatable bonds is 4. The molecule has 0 fully saturated rings. The third kappa shape index (κ3) is 3.51. The number of anilines is 2. The molecule has 0 spiro atoms. The topological polar surface area (TPSA) is 97.1 Å². The van der Waals surface area contributed by atoms with Crippen molar-refractivity contribution in [1.29, 1.82) is 0 Å². The van der Waals surface area contributed by atoms with Crippen LogP contribution in [0.1, 0.15) is 0 Å². The quantitative estimate of drug-likeness (QED) is 0.490. The normalized spacial score (nSPS) is 11.6. The summed E-state index contributed by atoms with van der Waals surface area (Å²) in [4.78, 5) is 8.58. The maximum absolute atomic E-state index is 11.7. The second kappa shape index (κ2) is 6.81. The number of nitrogens with one attached hydrogen (secondary N) is 1. The van der Waals surface area contributed by atoms with Gasteiger partial charge in [-0.2, -0.15) is 0 Å². The highest BCUT2D eigenvalue weighted by Crippen LogP contribution is 2.31. The minimum absolute atomic E-state index is 0.00237. The van der Waals surface area contributed by atoms with E-state index < -0.39 is 10.0 Å². The fraction of sp³-hybridized carbons (Fsp3) is 0.0526. The van der Waals surface area contributed by atoms with Crippen molar-refractivity contribution >= 4 is 44.0 Å². The molecule has 0 bridgehead atoms. The molecule has 0 saturated heterocycles. The Morgan fingerprint density at radius 2 is 1.89 bits per heavy atom. The highest BCUT2D eigenvalue weighted by Gasteiger charge is 2.11. The number of benzene rings is 2. The van der Waals surface area contributed by atoms with Crippen molar-refractivity contribution in [1.82, 2.24) is 13.9 Å². The summed E-state index contributed by atoms with van der Waals surface area (Å²) in [5.74, 6) is 0.564. The van der Waals surface area contributed by atoms with Gasteiger partial charge in [-0.3, -0.25) is 3.97 Å². The average molecular weight is 415 g/mol. The number of aromatic hydroxyl groups is 1. The van der Waals surface area contributed by atoms with E-state index in [9.17, 15) is 13.5 Å². The standard InChI is InChI=1S/C19H15ClN4O3S/c1-28(26,27)24-7-6-13(10-24)12-2-4-17-15(8-12)19(22-11-21-17)23-14-3-5-18(25)16(20)9-14/h2-11,25H,1H3,(H,21,22,23). The minimum atomic E-state index is -3.34. The first kappa shape index (κ1) is 18.3. The summed E-state index contributed by atoms with van der Waals surface area (Å²) in [6.07, 6.45) is 5.67. The van der Waals surface area contributed by atoms with Gasteiger partial charge in [0, 0.05) is 29.0 Å². The second-order valence-electron chi connectivity index (χ2n) is 6.24. The Hall–Kier alpha value is -3.10. The summed E-state index contributed by atoms with van der Waals surface area (Å²) in [7, 11) is -3.34. The number of aromatic nitrogens is 3. The van der Waals surface area contributed by atoms with Gasteiger partial charge in [0.2, 0.25) is 10.0 Å². The number of nitrogens with zero attached hydrogens (tertiary/aromatic N) is 3. The lowest BCUT2D eigenvalue weighted by Gasteiger charge is -2.10. The van der Waals surface area contributed by atoms with Crippen LogP contribution in [0.3, 0.4) is 0 Å². The van der Waals surface area contributed by atoms with E-state index in [1.165, 1.54) is 22.6 Å². The molecule has 0 atom stereocenters. The largest absolute Gasteiger partial charge is 0.506 e. The molecule has 142 valence electrons. The van der Waals surface area contributed by atoms with Crippen LogP contribution in [-0.2, 0) is 10.0 Å². The molecule has 7 nitrogen and oxygen atoms in total. The zero-order chi connectivity index (χ0) is 19.9. The Morgan fingerprint density at radius 1 is 1.07 bits per heavy atom. The molecule has 0 amide bonds. The van der Waals surface area contributed by atoms with E-state index in [1.54, 1.807) is 24.4 Å². The molecule has 0 saturated carbocycles. The van der Waals surface area contributed by atoms with E-state index in [0.29, 0.717) is 11.5 Å². The van der Waals surface area contributed by atoms with E-state index >= 15 is 0 Å². The second-order valence-corrected chi connectivity index (χ2v) is 8.53. The monoisotopic (exact) mass is 414 g/mol. The molecule has 2 heterocycles. The third-order valence-electron chi connectivity index (χ3n) is 4.23. The highest BCUT2D eigenvalue weighted by atomic mass is 35.5. The number of phenols is 1. The van der Waals surface area contributed by atoms with Gasteiger partial charge in [0.1, 0.15) is 17.9 Å². The van der Waals surface area contributed by atoms with E-state index in [-0.39, 0.29) is 10.8 Å². The molecule has 4 rings (SSSR count). The summed E-state index contributed by atoms with van der Waals surface area (Å²) in [5.41, 5.74) is 2.98. The van der Waals surface area contributed by atoms with Crippen molar-refractivity contribution in [2.45, 2.75) is 0 Å². The first-order valence-corrected chi connectivity index (χ1v) is 10.4. The lowest BCUT2D eigenvalue weighted by Crippen LogP contribution is -2.06. The molecule has 0 unspecified atom stereocenters.